The zero-order valence-electron chi connectivity index (χ0n) is 17.3. The number of amides is 1. The van der Waals surface area contributed by atoms with E-state index in [2.05, 4.69) is 15.4 Å². The Labute approximate surface area is 183 Å². The van der Waals surface area contributed by atoms with Crippen molar-refractivity contribution >= 4 is 33.9 Å². The Balaban J connectivity index is 1.46. The number of aryl methyl sites for hydroxylation is 1. The molecule has 0 bridgehead atoms. The second kappa shape index (κ2) is 9.38. The van der Waals surface area contributed by atoms with Gasteiger partial charge in [0.2, 0.25) is 10.9 Å². The number of benzene rings is 1. The molecule has 0 saturated heterocycles. The molecule has 9 heteroatoms. The normalized spacial score (nSPS) is 14.5. The summed E-state index contributed by atoms with van der Waals surface area (Å²) in [5.41, 5.74) is 0.748. The van der Waals surface area contributed by atoms with Gasteiger partial charge in [-0.15, -0.1) is 0 Å². The SMILES string of the molecule is CCc1nn2c(=O)cc(COC(=O)c3ccccc3NC(=O)C3CCCCC3)nc2s1. The van der Waals surface area contributed by atoms with E-state index >= 15 is 0 Å². The smallest absolute Gasteiger partial charge is 0.340 e. The molecule has 0 radical (unpaired) electrons. The van der Waals surface area contributed by atoms with E-state index in [0.29, 0.717) is 22.8 Å². The molecule has 2 heterocycles. The second-order valence-corrected chi connectivity index (χ2v) is 8.62. The summed E-state index contributed by atoms with van der Waals surface area (Å²) in [6.45, 7) is 1.81. The third-order valence-electron chi connectivity index (χ3n) is 5.37. The van der Waals surface area contributed by atoms with Gasteiger partial charge in [0.25, 0.3) is 5.56 Å². The van der Waals surface area contributed by atoms with Crippen molar-refractivity contribution in [3.63, 3.8) is 0 Å². The maximum atomic E-state index is 12.7. The molecule has 1 fully saturated rings. The van der Waals surface area contributed by atoms with Gasteiger partial charge in [-0.25, -0.2) is 9.78 Å². The van der Waals surface area contributed by atoms with E-state index in [0.717, 1.165) is 37.1 Å². The number of anilines is 1. The molecule has 1 N–H and O–H groups in total. The highest BCUT2D eigenvalue weighted by Gasteiger charge is 2.23. The van der Waals surface area contributed by atoms with Gasteiger partial charge in [0.1, 0.15) is 11.6 Å². The lowest BCUT2D eigenvalue weighted by Gasteiger charge is -2.21. The number of aromatic nitrogens is 3. The fourth-order valence-electron chi connectivity index (χ4n) is 3.70. The van der Waals surface area contributed by atoms with Gasteiger partial charge in [-0.05, 0) is 31.4 Å². The molecule has 2 aromatic heterocycles. The van der Waals surface area contributed by atoms with E-state index in [4.69, 9.17) is 4.74 Å². The summed E-state index contributed by atoms with van der Waals surface area (Å²) in [7, 11) is 0. The molecule has 31 heavy (non-hydrogen) atoms. The highest BCUT2D eigenvalue weighted by Crippen LogP contribution is 2.26. The molecule has 3 aromatic rings. The van der Waals surface area contributed by atoms with E-state index < -0.39 is 5.97 Å². The van der Waals surface area contributed by atoms with Crippen molar-refractivity contribution in [1.29, 1.82) is 0 Å². The minimum Gasteiger partial charge on any atom is -0.456 e. The van der Waals surface area contributed by atoms with Crippen LogP contribution < -0.4 is 10.9 Å². The molecule has 8 nitrogen and oxygen atoms in total. The fraction of sp³-hybridized carbons (Fsp3) is 0.409. The van der Waals surface area contributed by atoms with Crippen molar-refractivity contribution in [2.24, 2.45) is 5.92 Å². The summed E-state index contributed by atoms with van der Waals surface area (Å²) < 4.78 is 6.66. The Bertz CT molecular complexity index is 1160. The van der Waals surface area contributed by atoms with Crippen molar-refractivity contribution in [3.05, 3.63) is 57.0 Å². The minimum absolute atomic E-state index is 0.0193. The molecule has 1 aliphatic rings. The number of fused-ring (bicyclic) bond motifs is 1. The van der Waals surface area contributed by atoms with Crippen molar-refractivity contribution in [3.8, 4) is 0 Å². The topological polar surface area (TPSA) is 103 Å². The van der Waals surface area contributed by atoms with Gasteiger partial charge in [-0.1, -0.05) is 49.7 Å². The van der Waals surface area contributed by atoms with Gasteiger partial charge in [0.05, 0.1) is 16.9 Å². The number of rotatable bonds is 6. The number of ether oxygens (including phenoxy) is 1. The van der Waals surface area contributed by atoms with Gasteiger partial charge >= 0.3 is 5.97 Å². The van der Waals surface area contributed by atoms with Gasteiger partial charge < -0.3 is 10.1 Å². The monoisotopic (exact) mass is 440 g/mol. The Morgan fingerprint density at radius 2 is 2.00 bits per heavy atom. The summed E-state index contributed by atoms with van der Waals surface area (Å²) in [6, 6.07) is 8.10. The van der Waals surface area contributed by atoms with Crippen molar-refractivity contribution in [1.82, 2.24) is 14.6 Å². The quantitative estimate of drug-likeness (QED) is 0.588. The summed E-state index contributed by atoms with van der Waals surface area (Å²) >= 11 is 1.33. The lowest BCUT2D eigenvalue weighted by molar-refractivity contribution is -0.120. The maximum Gasteiger partial charge on any atom is 0.340 e. The van der Waals surface area contributed by atoms with Crippen LogP contribution in [0.25, 0.3) is 4.96 Å². The van der Waals surface area contributed by atoms with E-state index in [9.17, 15) is 14.4 Å². The summed E-state index contributed by atoms with van der Waals surface area (Å²) in [4.78, 5) is 42.4. The van der Waals surface area contributed by atoms with Crippen molar-refractivity contribution in [2.45, 2.75) is 52.1 Å². The number of nitrogens with one attached hydrogen (secondary N) is 1. The minimum atomic E-state index is -0.583. The van der Waals surface area contributed by atoms with Crippen molar-refractivity contribution < 1.29 is 14.3 Å². The predicted octanol–water partition coefficient (Wildman–Crippen LogP) is 3.59. The standard InChI is InChI=1S/C22H24N4O4S/c1-2-18-25-26-19(27)12-15(23-22(26)31-18)13-30-21(29)16-10-6-7-11-17(16)24-20(28)14-8-4-3-5-9-14/h6-7,10-12,14H,2-5,8-9,13H2,1H3,(H,24,28). The van der Waals surface area contributed by atoms with Crippen LogP contribution in [-0.4, -0.2) is 26.5 Å². The zero-order chi connectivity index (χ0) is 21.8. The lowest BCUT2D eigenvalue weighted by Crippen LogP contribution is -2.25. The number of carbonyl (C=O) groups excluding carboxylic acids is 2. The van der Waals surface area contributed by atoms with Crippen LogP contribution in [0.4, 0.5) is 5.69 Å². The summed E-state index contributed by atoms with van der Waals surface area (Å²) in [5, 5.41) is 7.90. The van der Waals surface area contributed by atoms with Crippen LogP contribution in [0.2, 0.25) is 0 Å². The third-order valence-corrected chi connectivity index (χ3v) is 6.43. The first kappa shape index (κ1) is 21.2. The van der Waals surface area contributed by atoms with Crippen LogP contribution in [0.5, 0.6) is 0 Å². The second-order valence-electron chi connectivity index (χ2n) is 7.58. The van der Waals surface area contributed by atoms with Gasteiger partial charge in [0.15, 0.2) is 0 Å². The Kier molecular flexibility index (Phi) is 6.41. The van der Waals surface area contributed by atoms with Crippen LogP contribution in [0, 0.1) is 5.92 Å². The number of para-hydroxylation sites is 1. The number of carbonyl (C=O) groups is 2. The average molecular weight is 441 g/mol. The highest BCUT2D eigenvalue weighted by atomic mass is 32.1. The van der Waals surface area contributed by atoms with Crippen LogP contribution >= 0.6 is 11.3 Å². The van der Waals surface area contributed by atoms with E-state index in [1.165, 1.54) is 21.9 Å². The van der Waals surface area contributed by atoms with Gasteiger partial charge in [0, 0.05) is 12.0 Å². The molecule has 162 valence electrons. The van der Waals surface area contributed by atoms with E-state index in [-0.39, 0.29) is 29.6 Å². The largest absolute Gasteiger partial charge is 0.456 e. The molecule has 1 aromatic carbocycles. The van der Waals surface area contributed by atoms with E-state index in [1.54, 1.807) is 24.3 Å². The first-order valence-electron chi connectivity index (χ1n) is 10.5. The first-order chi connectivity index (χ1) is 15.0. The highest BCUT2D eigenvalue weighted by molar-refractivity contribution is 7.16. The number of esters is 1. The first-order valence-corrected chi connectivity index (χ1v) is 11.3. The molecule has 1 saturated carbocycles. The summed E-state index contributed by atoms with van der Waals surface area (Å²) in [5.74, 6) is -0.661. The Morgan fingerprint density at radius 3 is 2.77 bits per heavy atom. The Hall–Kier alpha value is -3.07. The predicted molar refractivity (Wildman–Crippen MR) is 117 cm³/mol. The van der Waals surface area contributed by atoms with E-state index in [1.807, 2.05) is 6.92 Å². The van der Waals surface area contributed by atoms with Crippen LogP contribution in [0.1, 0.15) is 60.1 Å². The maximum absolute atomic E-state index is 12.7. The van der Waals surface area contributed by atoms with Crippen molar-refractivity contribution in [2.75, 3.05) is 5.32 Å². The van der Waals surface area contributed by atoms with Crippen LogP contribution in [0.3, 0.4) is 0 Å². The zero-order valence-corrected chi connectivity index (χ0v) is 18.1. The fourth-order valence-corrected chi connectivity index (χ4v) is 4.56. The molecule has 0 aliphatic heterocycles. The number of nitrogens with zero attached hydrogens (tertiary/aromatic N) is 3. The molecular formula is C22H24N4O4S. The molecule has 1 amide bonds. The molecule has 0 unspecified atom stereocenters. The third kappa shape index (κ3) is 4.82. The molecule has 0 spiro atoms. The molecular weight excluding hydrogens is 416 g/mol. The van der Waals surface area contributed by atoms with Crippen LogP contribution in [0.15, 0.2) is 35.1 Å². The molecule has 0 atom stereocenters. The Morgan fingerprint density at radius 1 is 1.23 bits per heavy atom. The van der Waals surface area contributed by atoms with Gasteiger partial charge in [-0.2, -0.15) is 9.61 Å². The van der Waals surface area contributed by atoms with Gasteiger partial charge in [-0.3, -0.25) is 9.59 Å². The summed E-state index contributed by atoms with van der Waals surface area (Å²) in [6.07, 6.45) is 5.73. The lowest BCUT2D eigenvalue weighted by atomic mass is 9.88. The molecule has 1 aliphatic carbocycles. The molecule has 4 rings (SSSR count). The number of hydrogen-bond donors (Lipinski definition) is 1. The van der Waals surface area contributed by atoms with Crippen LogP contribution in [-0.2, 0) is 22.6 Å². The average Bonchev–Trinajstić information content (AvgIpc) is 3.22. The number of hydrogen-bond acceptors (Lipinski definition) is 7.